The molecule has 3 amide bonds. The van der Waals surface area contributed by atoms with Crippen LogP contribution in [0.2, 0.25) is 0 Å². The van der Waals surface area contributed by atoms with Crippen molar-refractivity contribution in [3.8, 4) is 0 Å². The number of carbonyl (C=O) groups is 3. The molecule has 4 rings (SSSR count). The number of ether oxygens (including phenoxy) is 1. The van der Waals surface area contributed by atoms with Gasteiger partial charge in [-0.05, 0) is 30.7 Å². The van der Waals surface area contributed by atoms with Gasteiger partial charge in [0.1, 0.15) is 6.61 Å². The van der Waals surface area contributed by atoms with Crippen molar-refractivity contribution in [1.29, 1.82) is 0 Å². The molecule has 2 fully saturated rings. The van der Waals surface area contributed by atoms with Gasteiger partial charge in [-0.2, -0.15) is 5.10 Å². The summed E-state index contributed by atoms with van der Waals surface area (Å²) in [4.78, 5) is 40.6. The zero-order chi connectivity index (χ0) is 20.7. The van der Waals surface area contributed by atoms with Gasteiger partial charge >= 0.3 is 6.09 Å². The lowest BCUT2D eigenvalue weighted by molar-refractivity contribution is -0.128. The zero-order valence-electron chi connectivity index (χ0n) is 16.6. The van der Waals surface area contributed by atoms with Crippen LogP contribution < -0.4 is 10.2 Å². The van der Waals surface area contributed by atoms with E-state index in [4.69, 9.17) is 4.74 Å². The summed E-state index contributed by atoms with van der Waals surface area (Å²) in [6.07, 6.45) is 1.40. The van der Waals surface area contributed by atoms with Gasteiger partial charge < -0.3 is 15.0 Å². The molecule has 2 aliphatic heterocycles. The van der Waals surface area contributed by atoms with Crippen LogP contribution in [-0.4, -0.2) is 52.8 Å². The summed E-state index contributed by atoms with van der Waals surface area (Å²) in [6, 6.07) is 6.84. The summed E-state index contributed by atoms with van der Waals surface area (Å²) in [5.74, 6) is -0.859. The Hall–Kier alpha value is -3.36. The van der Waals surface area contributed by atoms with E-state index in [1.807, 2.05) is 19.1 Å². The summed E-state index contributed by atoms with van der Waals surface area (Å²) < 4.78 is 6.70. The Morgan fingerprint density at radius 1 is 1.24 bits per heavy atom. The summed E-state index contributed by atoms with van der Waals surface area (Å²) in [5, 5.41) is 7.13. The third-order valence-corrected chi connectivity index (χ3v) is 5.70. The third-order valence-electron chi connectivity index (χ3n) is 5.70. The predicted octanol–water partition coefficient (Wildman–Crippen LogP) is 1.84. The molecule has 1 aromatic carbocycles. The van der Waals surface area contributed by atoms with E-state index in [2.05, 4.69) is 10.4 Å². The molecule has 1 aromatic heterocycles. The molecule has 2 atom stereocenters. The van der Waals surface area contributed by atoms with Crippen molar-refractivity contribution in [2.24, 2.45) is 13.0 Å². The molecule has 152 valence electrons. The number of carbonyl (C=O) groups excluding carboxylic acids is 3. The highest BCUT2D eigenvalue weighted by Gasteiger charge is 2.44. The molecule has 2 saturated heterocycles. The van der Waals surface area contributed by atoms with Gasteiger partial charge in [-0.1, -0.05) is 6.07 Å². The smallest absolute Gasteiger partial charge is 0.414 e. The van der Waals surface area contributed by atoms with Crippen LogP contribution in [0.15, 0.2) is 30.5 Å². The van der Waals surface area contributed by atoms with Crippen molar-refractivity contribution in [1.82, 2.24) is 14.7 Å². The van der Waals surface area contributed by atoms with Crippen molar-refractivity contribution in [2.75, 3.05) is 30.4 Å². The first kappa shape index (κ1) is 19.0. The Balaban J connectivity index is 1.60. The summed E-state index contributed by atoms with van der Waals surface area (Å²) in [5.41, 5.74) is 2.89. The van der Waals surface area contributed by atoms with E-state index in [1.165, 1.54) is 0 Å². The number of aromatic nitrogens is 2. The molecule has 0 spiro atoms. The minimum absolute atomic E-state index is 0.0818. The Bertz CT molecular complexity index is 985. The number of nitrogens with one attached hydrogen (secondary N) is 1. The standard InChI is InChI=1S/C20H23N5O4/c1-12-14(5-4-6-15(12)25-9-10-29-20(25)28)22-19(27)13-11-17(26)23(2)18(13)16-7-8-21-24(16)3/h4-8,13,18H,9-11H2,1-3H3,(H,22,27). The predicted molar refractivity (Wildman–Crippen MR) is 105 cm³/mol. The van der Waals surface area contributed by atoms with E-state index in [1.54, 1.807) is 46.9 Å². The van der Waals surface area contributed by atoms with E-state index in [-0.39, 0.29) is 24.3 Å². The molecule has 2 aliphatic rings. The van der Waals surface area contributed by atoms with Crippen molar-refractivity contribution in [3.05, 3.63) is 41.7 Å². The van der Waals surface area contributed by atoms with Crippen LogP contribution in [0.3, 0.4) is 0 Å². The van der Waals surface area contributed by atoms with Crippen molar-refractivity contribution in [3.63, 3.8) is 0 Å². The van der Waals surface area contributed by atoms with Gasteiger partial charge in [0.25, 0.3) is 0 Å². The summed E-state index contributed by atoms with van der Waals surface area (Å²) in [6.45, 7) is 2.67. The molecule has 9 heteroatoms. The Kier molecular flexibility index (Phi) is 4.73. The Morgan fingerprint density at radius 2 is 2.03 bits per heavy atom. The molecule has 2 unspecified atom stereocenters. The molecule has 3 heterocycles. The van der Waals surface area contributed by atoms with Crippen LogP contribution in [-0.2, 0) is 21.4 Å². The highest BCUT2D eigenvalue weighted by atomic mass is 16.6. The number of nitrogens with zero attached hydrogens (tertiary/aromatic N) is 4. The second-order valence-corrected chi connectivity index (χ2v) is 7.34. The quantitative estimate of drug-likeness (QED) is 0.849. The molecular formula is C20H23N5O4. The second kappa shape index (κ2) is 7.23. The number of cyclic esters (lactones) is 1. The lowest BCUT2D eigenvalue weighted by Gasteiger charge is -2.25. The van der Waals surface area contributed by atoms with E-state index < -0.39 is 12.0 Å². The summed E-state index contributed by atoms with van der Waals surface area (Å²) >= 11 is 0. The first-order valence-electron chi connectivity index (χ1n) is 9.47. The fourth-order valence-corrected chi connectivity index (χ4v) is 4.07. The van der Waals surface area contributed by atoms with Crippen LogP contribution in [0, 0.1) is 12.8 Å². The van der Waals surface area contributed by atoms with Crippen LogP contribution in [0.5, 0.6) is 0 Å². The minimum atomic E-state index is -0.539. The van der Waals surface area contributed by atoms with Gasteiger partial charge in [-0.15, -0.1) is 0 Å². The molecule has 0 aliphatic carbocycles. The number of likely N-dealkylation sites (tertiary alicyclic amines) is 1. The lowest BCUT2D eigenvalue weighted by Crippen LogP contribution is -2.31. The van der Waals surface area contributed by atoms with Gasteiger partial charge in [0.05, 0.1) is 29.9 Å². The van der Waals surface area contributed by atoms with Crippen LogP contribution >= 0.6 is 0 Å². The van der Waals surface area contributed by atoms with E-state index in [0.29, 0.717) is 24.5 Å². The highest BCUT2D eigenvalue weighted by molar-refractivity contribution is 5.99. The topological polar surface area (TPSA) is 96.8 Å². The first-order valence-corrected chi connectivity index (χ1v) is 9.47. The summed E-state index contributed by atoms with van der Waals surface area (Å²) in [7, 11) is 3.50. The Labute approximate surface area is 168 Å². The molecule has 0 radical (unpaired) electrons. The highest BCUT2D eigenvalue weighted by Crippen LogP contribution is 2.38. The third kappa shape index (κ3) is 3.22. The largest absolute Gasteiger partial charge is 0.447 e. The van der Waals surface area contributed by atoms with Gasteiger partial charge in [-0.3, -0.25) is 19.2 Å². The average Bonchev–Trinajstić information content (AvgIpc) is 3.37. The maximum absolute atomic E-state index is 13.1. The van der Waals surface area contributed by atoms with Crippen molar-refractivity contribution < 1.29 is 19.1 Å². The van der Waals surface area contributed by atoms with Crippen molar-refractivity contribution >= 4 is 29.3 Å². The second-order valence-electron chi connectivity index (χ2n) is 7.34. The SMILES string of the molecule is Cc1c(NC(=O)C2CC(=O)N(C)C2c2ccnn2C)cccc1N1CCOC1=O. The fourth-order valence-electron chi connectivity index (χ4n) is 4.07. The zero-order valence-corrected chi connectivity index (χ0v) is 16.6. The lowest BCUT2D eigenvalue weighted by atomic mass is 9.96. The van der Waals surface area contributed by atoms with Crippen LogP contribution in [0.25, 0.3) is 0 Å². The molecule has 0 bridgehead atoms. The molecule has 29 heavy (non-hydrogen) atoms. The number of hydrogen-bond donors (Lipinski definition) is 1. The first-order chi connectivity index (χ1) is 13.9. The van der Waals surface area contributed by atoms with Crippen LogP contribution in [0.4, 0.5) is 16.2 Å². The average molecular weight is 397 g/mol. The number of aryl methyl sites for hydroxylation is 1. The van der Waals surface area contributed by atoms with E-state index in [9.17, 15) is 14.4 Å². The number of anilines is 2. The molecule has 9 nitrogen and oxygen atoms in total. The molecular weight excluding hydrogens is 374 g/mol. The van der Waals surface area contributed by atoms with E-state index in [0.717, 1.165) is 11.3 Å². The van der Waals surface area contributed by atoms with Gasteiger partial charge in [0.15, 0.2) is 0 Å². The Morgan fingerprint density at radius 3 is 2.69 bits per heavy atom. The molecule has 0 saturated carbocycles. The van der Waals surface area contributed by atoms with Gasteiger partial charge in [0.2, 0.25) is 11.8 Å². The number of rotatable bonds is 4. The van der Waals surface area contributed by atoms with Crippen molar-refractivity contribution in [2.45, 2.75) is 19.4 Å². The maximum Gasteiger partial charge on any atom is 0.414 e. The monoisotopic (exact) mass is 397 g/mol. The van der Waals surface area contributed by atoms with Gasteiger partial charge in [-0.25, -0.2) is 4.79 Å². The minimum Gasteiger partial charge on any atom is -0.447 e. The van der Waals surface area contributed by atoms with E-state index >= 15 is 0 Å². The normalized spacial score (nSPS) is 21.6. The molecule has 2 aromatic rings. The molecule has 1 N–H and O–H groups in total. The number of hydrogen-bond acceptors (Lipinski definition) is 5. The fraction of sp³-hybridized carbons (Fsp3) is 0.400. The van der Waals surface area contributed by atoms with Gasteiger partial charge in [0, 0.05) is 32.4 Å². The van der Waals surface area contributed by atoms with Crippen LogP contribution in [0.1, 0.15) is 23.7 Å². The maximum atomic E-state index is 13.1. The number of benzene rings is 1. The number of amides is 3.